The predicted molar refractivity (Wildman–Crippen MR) is 84.9 cm³/mol. The number of amides is 1. The average molecular weight is 295 g/mol. The molecule has 0 spiro atoms. The van der Waals surface area contributed by atoms with Gasteiger partial charge in [-0.15, -0.1) is 0 Å². The van der Waals surface area contributed by atoms with Crippen LogP contribution >= 0.6 is 0 Å². The highest BCUT2D eigenvalue weighted by Crippen LogP contribution is 2.31. The molecular formula is C18H14FNO2. The molecule has 4 heteroatoms. The van der Waals surface area contributed by atoms with Gasteiger partial charge in [0, 0.05) is 22.0 Å². The van der Waals surface area contributed by atoms with Gasteiger partial charge in [-0.3, -0.25) is 4.79 Å². The van der Waals surface area contributed by atoms with Gasteiger partial charge < -0.3 is 10.1 Å². The molecule has 0 fully saturated rings. The van der Waals surface area contributed by atoms with Gasteiger partial charge in [-0.25, -0.2) is 4.39 Å². The fraction of sp³-hybridized carbons (Fsp3) is 0.0556. The summed E-state index contributed by atoms with van der Waals surface area (Å²) in [7, 11) is 1.61. The average Bonchev–Trinajstić information content (AvgIpc) is 2.55. The van der Waals surface area contributed by atoms with Gasteiger partial charge in [0.2, 0.25) is 0 Å². The summed E-state index contributed by atoms with van der Waals surface area (Å²) >= 11 is 0. The SMILES string of the molecule is COc1ccc(NC(=O)c2ccc(F)cc2)c2ccccc12. The quantitative estimate of drug-likeness (QED) is 0.785. The van der Waals surface area contributed by atoms with E-state index in [-0.39, 0.29) is 11.7 Å². The monoisotopic (exact) mass is 295 g/mol. The van der Waals surface area contributed by atoms with E-state index in [4.69, 9.17) is 4.74 Å². The minimum absolute atomic E-state index is 0.282. The van der Waals surface area contributed by atoms with Crippen LogP contribution in [0.4, 0.5) is 10.1 Å². The van der Waals surface area contributed by atoms with Crippen molar-refractivity contribution < 1.29 is 13.9 Å². The van der Waals surface area contributed by atoms with Crippen LogP contribution in [0, 0.1) is 5.82 Å². The Kier molecular flexibility index (Phi) is 3.74. The third kappa shape index (κ3) is 2.63. The van der Waals surface area contributed by atoms with Crippen molar-refractivity contribution in [2.45, 2.75) is 0 Å². The van der Waals surface area contributed by atoms with Crippen molar-refractivity contribution in [1.29, 1.82) is 0 Å². The molecule has 1 amide bonds. The maximum absolute atomic E-state index is 12.9. The highest BCUT2D eigenvalue weighted by molar-refractivity contribution is 6.10. The first-order valence-electron chi connectivity index (χ1n) is 6.81. The molecule has 3 rings (SSSR count). The zero-order valence-corrected chi connectivity index (χ0v) is 12.0. The molecule has 0 aliphatic carbocycles. The molecule has 0 aromatic heterocycles. The molecule has 110 valence electrons. The normalized spacial score (nSPS) is 10.5. The zero-order valence-electron chi connectivity index (χ0n) is 12.0. The predicted octanol–water partition coefficient (Wildman–Crippen LogP) is 4.24. The van der Waals surface area contributed by atoms with E-state index in [2.05, 4.69) is 5.32 Å². The molecule has 0 bridgehead atoms. The fourth-order valence-electron chi connectivity index (χ4n) is 2.35. The Labute approximate surface area is 127 Å². The molecule has 0 saturated heterocycles. The topological polar surface area (TPSA) is 38.3 Å². The molecule has 0 radical (unpaired) electrons. The van der Waals surface area contributed by atoms with Crippen molar-refractivity contribution in [3.8, 4) is 5.75 Å². The number of ether oxygens (including phenoxy) is 1. The van der Waals surface area contributed by atoms with Crippen molar-refractivity contribution in [2.24, 2.45) is 0 Å². The van der Waals surface area contributed by atoms with E-state index >= 15 is 0 Å². The maximum atomic E-state index is 12.9. The Morgan fingerprint density at radius 2 is 1.64 bits per heavy atom. The maximum Gasteiger partial charge on any atom is 0.255 e. The third-order valence-electron chi connectivity index (χ3n) is 3.46. The van der Waals surface area contributed by atoms with Crippen LogP contribution in [0.25, 0.3) is 10.8 Å². The minimum atomic E-state index is -0.369. The molecule has 3 nitrogen and oxygen atoms in total. The number of benzene rings is 3. The molecule has 1 N–H and O–H groups in total. The van der Waals surface area contributed by atoms with E-state index in [1.807, 2.05) is 30.3 Å². The molecule has 3 aromatic rings. The number of carbonyl (C=O) groups excluding carboxylic acids is 1. The van der Waals surface area contributed by atoms with E-state index < -0.39 is 0 Å². The second-order valence-electron chi connectivity index (χ2n) is 4.82. The summed E-state index contributed by atoms with van der Waals surface area (Å²) in [4.78, 5) is 12.3. The van der Waals surface area contributed by atoms with E-state index in [9.17, 15) is 9.18 Å². The largest absolute Gasteiger partial charge is 0.496 e. The summed E-state index contributed by atoms with van der Waals surface area (Å²) in [5.41, 5.74) is 1.09. The number of nitrogens with one attached hydrogen (secondary N) is 1. The molecule has 3 aromatic carbocycles. The van der Waals surface area contributed by atoms with Gasteiger partial charge in [0.05, 0.1) is 7.11 Å². The number of hydrogen-bond donors (Lipinski definition) is 1. The van der Waals surface area contributed by atoms with Crippen LogP contribution in [0.15, 0.2) is 60.7 Å². The Balaban J connectivity index is 1.97. The van der Waals surface area contributed by atoms with Crippen LogP contribution in [0.1, 0.15) is 10.4 Å². The first-order chi connectivity index (χ1) is 10.7. The van der Waals surface area contributed by atoms with Crippen LogP contribution in [0.3, 0.4) is 0 Å². The molecule has 0 heterocycles. The molecule has 0 atom stereocenters. The fourth-order valence-corrected chi connectivity index (χ4v) is 2.35. The van der Waals surface area contributed by atoms with Crippen molar-refractivity contribution >= 4 is 22.4 Å². The van der Waals surface area contributed by atoms with Crippen LogP contribution in [-0.4, -0.2) is 13.0 Å². The van der Waals surface area contributed by atoms with Gasteiger partial charge in [-0.1, -0.05) is 24.3 Å². The highest BCUT2D eigenvalue weighted by atomic mass is 19.1. The van der Waals surface area contributed by atoms with E-state index in [1.165, 1.54) is 24.3 Å². The molecule has 0 aliphatic heterocycles. The van der Waals surface area contributed by atoms with Gasteiger partial charge in [0.1, 0.15) is 11.6 Å². The lowest BCUT2D eigenvalue weighted by molar-refractivity contribution is 0.102. The van der Waals surface area contributed by atoms with Crippen molar-refractivity contribution in [3.05, 3.63) is 72.0 Å². The smallest absolute Gasteiger partial charge is 0.255 e. The molecule has 0 unspecified atom stereocenters. The summed E-state index contributed by atoms with van der Waals surface area (Å²) in [6.07, 6.45) is 0. The summed E-state index contributed by atoms with van der Waals surface area (Å²) in [5, 5.41) is 4.66. The van der Waals surface area contributed by atoms with E-state index in [1.54, 1.807) is 13.2 Å². The van der Waals surface area contributed by atoms with Crippen molar-refractivity contribution in [1.82, 2.24) is 0 Å². The first-order valence-corrected chi connectivity index (χ1v) is 6.81. The standard InChI is InChI=1S/C18H14FNO2/c1-22-17-11-10-16(14-4-2-3-5-15(14)17)20-18(21)12-6-8-13(19)9-7-12/h2-11H,1H3,(H,20,21). The number of anilines is 1. The van der Waals surface area contributed by atoms with Gasteiger partial charge in [0.15, 0.2) is 0 Å². The van der Waals surface area contributed by atoms with Gasteiger partial charge in [-0.05, 0) is 36.4 Å². The molecule has 0 saturated carbocycles. The Morgan fingerprint density at radius 3 is 2.32 bits per heavy atom. The minimum Gasteiger partial charge on any atom is -0.496 e. The van der Waals surface area contributed by atoms with Crippen molar-refractivity contribution in [3.63, 3.8) is 0 Å². The summed E-state index contributed by atoms with van der Waals surface area (Å²) in [6, 6.07) is 16.7. The highest BCUT2D eigenvalue weighted by Gasteiger charge is 2.10. The number of carbonyl (C=O) groups is 1. The zero-order chi connectivity index (χ0) is 15.5. The van der Waals surface area contributed by atoms with Gasteiger partial charge in [-0.2, -0.15) is 0 Å². The molecule has 22 heavy (non-hydrogen) atoms. The molecular weight excluding hydrogens is 281 g/mol. The number of hydrogen-bond acceptors (Lipinski definition) is 2. The number of rotatable bonds is 3. The Bertz CT molecular complexity index is 828. The first kappa shape index (κ1) is 14.1. The number of methoxy groups -OCH3 is 1. The van der Waals surface area contributed by atoms with E-state index in [0.717, 1.165) is 16.5 Å². The van der Waals surface area contributed by atoms with Crippen molar-refractivity contribution in [2.75, 3.05) is 12.4 Å². The summed E-state index contributed by atoms with van der Waals surface area (Å²) in [5.74, 6) is 0.0946. The summed E-state index contributed by atoms with van der Waals surface area (Å²) in [6.45, 7) is 0. The lowest BCUT2D eigenvalue weighted by atomic mass is 10.1. The lowest BCUT2D eigenvalue weighted by Gasteiger charge is -2.11. The van der Waals surface area contributed by atoms with E-state index in [0.29, 0.717) is 11.3 Å². The summed E-state index contributed by atoms with van der Waals surface area (Å²) < 4.78 is 18.3. The van der Waals surface area contributed by atoms with Crippen LogP contribution in [0.2, 0.25) is 0 Å². The van der Waals surface area contributed by atoms with Crippen LogP contribution < -0.4 is 10.1 Å². The number of fused-ring (bicyclic) bond motifs is 1. The number of halogens is 1. The van der Waals surface area contributed by atoms with Crippen LogP contribution in [-0.2, 0) is 0 Å². The Hall–Kier alpha value is -2.88. The second-order valence-corrected chi connectivity index (χ2v) is 4.82. The van der Waals surface area contributed by atoms with Gasteiger partial charge in [0.25, 0.3) is 5.91 Å². The molecule has 0 aliphatic rings. The van der Waals surface area contributed by atoms with Gasteiger partial charge >= 0.3 is 0 Å². The Morgan fingerprint density at radius 1 is 0.955 bits per heavy atom. The second kappa shape index (κ2) is 5.85. The third-order valence-corrected chi connectivity index (χ3v) is 3.46. The lowest BCUT2D eigenvalue weighted by Crippen LogP contribution is -2.12. The van der Waals surface area contributed by atoms with Crippen LogP contribution in [0.5, 0.6) is 5.75 Å².